The zero-order chi connectivity index (χ0) is 37.6. The monoisotopic (exact) mass is 657 g/mol. The molecule has 0 aliphatic heterocycles. The maximum absolute atomic E-state index is 9.61. The number of rotatable bonds is 5. The molecular formula is C49H35NO. The van der Waals surface area contributed by atoms with Gasteiger partial charge in [0.25, 0.3) is 0 Å². The van der Waals surface area contributed by atoms with Crippen molar-refractivity contribution in [3.8, 4) is 33.4 Å². The third kappa shape index (κ3) is 4.57. The maximum Gasteiger partial charge on any atom is 0.143 e. The van der Waals surface area contributed by atoms with Crippen molar-refractivity contribution in [2.75, 3.05) is 4.90 Å². The first-order valence-corrected chi connectivity index (χ1v) is 17.4. The second kappa shape index (κ2) is 11.3. The van der Waals surface area contributed by atoms with Crippen LogP contribution in [-0.2, 0) is 5.41 Å². The molecule has 1 aromatic heterocycles. The zero-order valence-electron chi connectivity index (χ0n) is 32.3. The molecule has 1 aliphatic rings. The summed E-state index contributed by atoms with van der Waals surface area (Å²) in [5.74, 6) is 0. The van der Waals surface area contributed by atoms with E-state index in [1.807, 2.05) is 83.8 Å². The Morgan fingerprint density at radius 2 is 1.22 bits per heavy atom. The molecule has 1 aliphatic carbocycles. The molecule has 0 radical (unpaired) electrons. The summed E-state index contributed by atoms with van der Waals surface area (Å²) >= 11 is 0. The predicted octanol–water partition coefficient (Wildman–Crippen LogP) is 13.8. The number of hydrogen-bond acceptors (Lipinski definition) is 2. The van der Waals surface area contributed by atoms with Crippen molar-refractivity contribution >= 4 is 49.8 Å². The van der Waals surface area contributed by atoms with Gasteiger partial charge in [-0.25, -0.2) is 0 Å². The Hall–Kier alpha value is -6.38. The first-order chi connectivity index (χ1) is 26.7. The van der Waals surface area contributed by atoms with Gasteiger partial charge in [0.1, 0.15) is 11.2 Å². The Kier molecular flexibility index (Phi) is 5.68. The van der Waals surface area contributed by atoms with Crippen LogP contribution in [-0.4, -0.2) is 0 Å². The molecule has 0 saturated carbocycles. The molecule has 8 aromatic carbocycles. The third-order valence-corrected chi connectivity index (χ3v) is 10.5. The molecule has 0 saturated heterocycles. The van der Waals surface area contributed by atoms with Gasteiger partial charge in [-0.15, -0.1) is 0 Å². The average molecular weight is 658 g/mol. The SMILES string of the molecule is [2H]c1c([2H])c(N(c2ccc3c(c2)C(C)(C)c2ccccc2-3)c2ccccc2-c2cccc3oc4c5ccccc5ccc4c23)c([2H])c([2H])c1-c1ccccc1. The van der Waals surface area contributed by atoms with Gasteiger partial charge in [0.15, 0.2) is 0 Å². The predicted molar refractivity (Wildman–Crippen MR) is 214 cm³/mol. The van der Waals surface area contributed by atoms with E-state index in [1.54, 1.807) is 0 Å². The molecule has 0 bridgehead atoms. The number of hydrogen-bond donors (Lipinski definition) is 0. The highest BCUT2D eigenvalue weighted by Crippen LogP contribution is 2.52. The zero-order valence-corrected chi connectivity index (χ0v) is 28.3. The smallest absolute Gasteiger partial charge is 0.143 e. The first-order valence-electron chi connectivity index (χ1n) is 19.4. The summed E-state index contributed by atoms with van der Waals surface area (Å²) in [4.78, 5) is 1.93. The molecule has 0 fully saturated rings. The summed E-state index contributed by atoms with van der Waals surface area (Å²) in [7, 11) is 0. The Labute approximate surface area is 303 Å². The third-order valence-electron chi connectivity index (χ3n) is 10.5. The fraction of sp³-hybridized carbons (Fsp3) is 0.0612. The molecule has 242 valence electrons. The highest BCUT2D eigenvalue weighted by Gasteiger charge is 2.36. The fourth-order valence-electron chi connectivity index (χ4n) is 8.06. The number of benzene rings is 8. The van der Waals surface area contributed by atoms with Crippen LogP contribution in [0.4, 0.5) is 17.1 Å². The van der Waals surface area contributed by atoms with Crippen molar-refractivity contribution in [2.24, 2.45) is 0 Å². The van der Waals surface area contributed by atoms with Crippen LogP contribution in [0.25, 0.3) is 66.1 Å². The molecule has 0 unspecified atom stereocenters. The van der Waals surface area contributed by atoms with E-state index >= 15 is 0 Å². The lowest BCUT2D eigenvalue weighted by atomic mass is 9.82. The quantitative estimate of drug-likeness (QED) is 0.183. The highest BCUT2D eigenvalue weighted by molar-refractivity contribution is 6.19. The molecule has 9 aromatic rings. The van der Waals surface area contributed by atoms with Crippen LogP contribution in [0.15, 0.2) is 180 Å². The fourth-order valence-corrected chi connectivity index (χ4v) is 8.06. The van der Waals surface area contributed by atoms with E-state index in [0.717, 1.165) is 66.3 Å². The summed E-state index contributed by atoms with van der Waals surface area (Å²) in [5, 5.41) is 4.12. The molecule has 0 atom stereocenters. The molecule has 10 rings (SSSR count). The van der Waals surface area contributed by atoms with Crippen molar-refractivity contribution in [3.63, 3.8) is 0 Å². The van der Waals surface area contributed by atoms with Crippen LogP contribution in [0.1, 0.15) is 30.5 Å². The second-order valence-corrected chi connectivity index (χ2v) is 13.8. The van der Waals surface area contributed by atoms with Crippen LogP contribution in [0.2, 0.25) is 0 Å². The topological polar surface area (TPSA) is 16.4 Å². The van der Waals surface area contributed by atoms with E-state index in [0.29, 0.717) is 5.56 Å². The molecule has 51 heavy (non-hydrogen) atoms. The van der Waals surface area contributed by atoms with E-state index < -0.39 is 0 Å². The number of anilines is 3. The van der Waals surface area contributed by atoms with Crippen molar-refractivity contribution in [2.45, 2.75) is 19.3 Å². The Bertz CT molecular complexity index is 2990. The minimum absolute atomic E-state index is 0.0895. The number of furan rings is 1. The number of para-hydroxylation sites is 1. The second-order valence-electron chi connectivity index (χ2n) is 13.8. The Morgan fingerprint density at radius 3 is 2.08 bits per heavy atom. The minimum atomic E-state index is -0.302. The van der Waals surface area contributed by atoms with Crippen LogP contribution in [0.3, 0.4) is 0 Å². The molecule has 0 spiro atoms. The standard InChI is InChI=1S/C49H35NO/c1-49(2)43-20-10-8-17-38(43)39-30-28-36(31-44(39)49)50(35-26-23-33(24-27-35)32-13-4-3-5-14-32)45-21-11-9-18-40(45)41-19-12-22-46-47(41)42-29-25-34-15-6-7-16-37(34)48(42)51-46/h3-31H,1-2H3/i23D,24D,26D,27D. The maximum atomic E-state index is 9.61. The van der Waals surface area contributed by atoms with E-state index in [-0.39, 0.29) is 40.8 Å². The lowest BCUT2D eigenvalue weighted by Crippen LogP contribution is -2.16. The largest absolute Gasteiger partial charge is 0.455 e. The van der Waals surface area contributed by atoms with Gasteiger partial charge >= 0.3 is 0 Å². The minimum Gasteiger partial charge on any atom is -0.455 e. The van der Waals surface area contributed by atoms with Crippen molar-refractivity contribution < 1.29 is 9.90 Å². The lowest BCUT2D eigenvalue weighted by Gasteiger charge is -2.30. The van der Waals surface area contributed by atoms with Crippen molar-refractivity contribution in [3.05, 3.63) is 187 Å². The molecule has 1 heterocycles. The van der Waals surface area contributed by atoms with Crippen molar-refractivity contribution in [1.29, 1.82) is 0 Å². The highest BCUT2D eigenvalue weighted by atomic mass is 16.3. The van der Waals surface area contributed by atoms with Crippen molar-refractivity contribution in [1.82, 2.24) is 0 Å². The van der Waals surface area contributed by atoms with Gasteiger partial charge in [0, 0.05) is 38.5 Å². The summed E-state index contributed by atoms with van der Waals surface area (Å²) in [5.41, 5.74) is 10.4. The summed E-state index contributed by atoms with van der Waals surface area (Å²) in [6.45, 7) is 4.47. The summed E-state index contributed by atoms with van der Waals surface area (Å²) in [6.07, 6.45) is 0. The number of nitrogens with zero attached hydrogens (tertiary/aromatic N) is 1. The van der Waals surface area contributed by atoms with Gasteiger partial charge in [0.2, 0.25) is 0 Å². The van der Waals surface area contributed by atoms with Gasteiger partial charge < -0.3 is 9.32 Å². The van der Waals surface area contributed by atoms with Gasteiger partial charge in [-0.3, -0.25) is 0 Å². The van der Waals surface area contributed by atoms with E-state index in [1.165, 1.54) is 11.1 Å². The summed E-state index contributed by atoms with van der Waals surface area (Å²) in [6, 6.07) is 50.3. The van der Waals surface area contributed by atoms with Crippen LogP contribution >= 0.6 is 0 Å². The molecule has 0 amide bonds. The average Bonchev–Trinajstić information content (AvgIpc) is 3.72. The molecule has 0 N–H and O–H groups in total. The van der Waals surface area contributed by atoms with E-state index in [9.17, 15) is 5.48 Å². The van der Waals surface area contributed by atoms with Gasteiger partial charge in [-0.1, -0.05) is 147 Å². The molecular weight excluding hydrogens is 619 g/mol. The van der Waals surface area contributed by atoms with Crippen LogP contribution < -0.4 is 4.90 Å². The van der Waals surface area contributed by atoms with Crippen LogP contribution in [0, 0.1) is 0 Å². The normalized spacial score (nSPS) is 14.2. The first kappa shape index (κ1) is 25.6. The summed E-state index contributed by atoms with van der Waals surface area (Å²) < 4.78 is 44.5. The van der Waals surface area contributed by atoms with Crippen LogP contribution in [0.5, 0.6) is 0 Å². The van der Waals surface area contributed by atoms with Gasteiger partial charge in [-0.2, -0.15) is 0 Å². The van der Waals surface area contributed by atoms with Gasteiger partial charge in [0.05, 0.1) is 11.2 Å². The lowest BCUT2D eigenvalue weighted by molar-refractivity contribution is 0.660. The van der Waals surface area contributed by atoms with E-state index in [2.05, 4.69) is 86.6 Å². The van der Waals surface area contributed by atoms with Gasteiger partial charge in [-0.05, 0) is 86.7 Å². The Morgan fingerprint density at radius 1 is 0.510 bits per heavy atom. The Balaban J connectivity index is 1.27. The molecule has 2 heteroatoms. The number of fused-ring (bicyclic) bond motifs is 8. The van der Waals surface area contributed by atoms with E-state index in [4.69, 9.17) is 4.42 Å². The molecule has 2 nitrogen and oxygen atoms in total.